The maximum atomic E-state index is 12.4. The average Bonchev–Trinajstić information content (AvgIpc) is 2.83. The summed E-state index contributed by atoms with van der Waals surface area (Å²) in [6.07, 6.45) is -2.42. The van der Waals surface area contributed by atoms with E-state index in [0.717, 1.165) is 0 Å². The predicted molar refractivity (Wildman–Crippen MR) is 134 cm³/mol. The summed E-state index contributed by atoms with van der Waals surface area (Å²) < 4.78 is 56.8. The van der Waals surface area contributed by atoms with Crippen molar-refractivity contribution in [2.75, 3.05) is 27.9 Å². The molecule has 0 radical (unpaired) electrons. The first-order valence-corrected chi connectivity index (χ1v) is 14.1. The maximum absolute atomic E-state index is 12.4. The molecule has 0 aromatic carbocycles. The third-order valence-corrected chi connectivity index (χ3v) is 7.79. The van der Waals surface area contributed by atoms with Gasteiger partial charge < -0.3 is 46.4 Å². The van der Waals surface area contributed by atoms with E-state index in [1.807, 2.05) is 0 Å². The smallest absolute Gasteiger partial charge is 0.465 e. The lowest BCUT2D eigenvalue weighted by atomic mass is 10.3. The highest BCUT2D eigenvalue weighted by Gasteiger charge is 2.47. The molecule has 0 aliphatic heterocycles. The van der Waals surface area contributed by atoms with Gasteiger partial charge >= 0.3 is 14.8 Å². The van der Waals surface area contributed by atoms with E-state index in [1.165, 1.54) is 21.3 Å². The Kier molecular flexibility index (Phi) is 16.2. The second-order valence-corrected chi connectivity index (χ2v) is 10.6. The van der Waals surface area contributed by atoms with Crippen LogP contribution in [0.3, 0.4) is 0 Å². The molecule has 0 spiro atoms. The van der Waals surface area contributed by atoms with Gasteiger partial charge in [0.1, 0.15) is 0 Å². The minimum absolute atomic E-state index is 0.0264. The highest BCUT2D eigenvalue weighted by molar-refractivity contribution is 6.60. The van der Waals surface area contributed by atoms with E-state index in [9.17, 15) is 4.79 Å². The van der Waals surface area contributed by atoms with Gasteiger partial charge in [-0.05, 0) is 53.7 Å². The lowest BCUT2D eigenvalue weighted by Gasteiger charge is -2.37. The van der Waals surface area contributed by atoms with Crippen LogP contribution in [0.5, 0.6) is 0 Å². The predicted octanol–water partition coefficient (Wildman–Crippen LogP) is 3.22. The van der Waals surface area contributed by atoms with Crippen LogP contribution in [-0.4, -0.2) is 85.4 Å². The normalized spacial score (nSPS) is 18.3. The Bertz CT molecular complexity index is 694. The summed E-state index contributed by atoms with van der Waals surface area (Å²) in [5, 5.41) is 0. The Morgan fingerprint density at radius 1 is 0.757 bits per heavy atom. The van der Waals surface area contributed by atoms with E-state index in [2.05, 4.69) is 4.98 Å². The molecule has 0 bridgehead atoms. The molecule has 0 saturated heterocycles. The maximum Gasteiger partial charge on any atom is 0.510 e. The van der Waals surface area contributed by atoms with Gasteiger partial charge in [0.2, 0.25) is 0 Å². The zero-order valence-corrected chi connectivity index (χ0v) is 24.3. The van der Waals surface area contributed by atoms with Crippen LogP contribution in [0.25, 0.3) is 0 Å². The highest BCUT2D eigenvalue weighted by Crippen LogP contribution is 2.25. The number of pyridine rings is 1. The van der Waals surface area contributed by atoms with Crippen LogP contribution in [0, 0.1) is 0 Å². The van der Waals surface area contributed by atoms with Crippen molar-refractivity contribution in [2.24, 2.45) is 0 Å². The standard InChI is InChI=1S/C24H43NO11Si/c1-17(27-7)31-20(4)34-37(35-21(5)32-18(2)28-8,36-22(6)33-19(3)29-9)15-14-30-24(26)16-23-12-10-11-13-25-23/h10-13,17-22H,14-16H2,1-9H3. The summed E-state index contributed by atoms with van der Waals surface area (Å²) in [6, 6.07) is 5.41. The topological polar surface area (TPSA) is 122 Å². The molecule has 12 nitrogen and oxygen atoms in total. The Labute approximate surface area is 221 Å². The van der Waals surface area contributed by atoms with E-state index in [0.29, 0.717) is 5.69 Å². The largest absolute Gasteiger partial charge is 0.510 e. The average molecular weight is 550 g/mol. The van der Waals surface area contributed by atoms with Crippen LogP contribution in [0.2, 0.25) is 6.04 Å². The molecule has 0 fully saturated rings. The van der Waals surface area contributed by atoms with Crippen molar-refractivity contribution >= 4 is 14.8 Å². The second-order valence-electron chi connectivity index (χ2n) is 8.03. The number of hydrogen-bond donors (Lipinski definition) is 0. The van der Waals surface area contributed by atoms with E-state index >= 15 is 0 Å². The summed E-state index contributed by atoms with van der Waals surface area (Å²) >= 11 is 0. The summed E-state index contributed by atoms with van der Waals surface area (Å²) in [5.41, 5.74) is 0.599. The number of aromatic nitrogens is 1. The van der Waals surface area contributed by atoms with Crippen molar-refractivity contribution in [1.29, 1.82) is 0 Å². The molecular formula is C24H43NO11Si. The van der Waals surface area contributed by atoms with Crippen molar-refractivity contribution < 1.29 is 51.2 Å². The number of methoxy groups -OCH3 is 3. The van der Waals surface area contributed by atoms with Crippen molar-refractivity contribution in [3.63, 3.8) is 0 Å². The molecule has 0 amide bonds. The van der Waals surface area contributed by atoms with Crippen LogP contribution < -0.4 is 0 Å². The third kappa shape index (κ3) is 14.3. The SMILES string of the molecule is COC(C)OC(C)O[Si](CCOC(=O)Cc1ccccn1)(OC(C)OC(C)OC)OC(C)OC(C)OC. The van der Waals surface area contributed by atoms with Gasteiger partial charge in [-0.2, -0.15) is 0 Å². The molecular weight excluding hydrogens is 506 g/mol. The number of rotatable bonds is 20. The first-order valence-electron chi connectivity index (χ1n) is 12.2. The minimum atomic E-state index is -3.72. The summed E-state index contributed by atoms with van der Waals surface area (Å²) in [7, 11) is 0.825. The fraction of sp³-hybridized carbons (Fsp3) is 0.750. The fourth-order valence-corrected chi connectivity index (χ4v) is 5.63. The molecule has 0 aliphatic carbocycles. The van der Waals surface area contributed by atoms with E-state index in [4.69, 9.17) is 46.4 Å². The molecule has 13 heteroatoms. The lowest BCUT2D eigenvalue weighted by molar-refractivity contribution is -0.252. The fourth-order valence-electron chi connectivity index (χ4n) is 3.07. The molecule has 1 rings (SSSR count). The monoisotopic (exact) mass is 549 g/mol. The second kappa shape index (κ2) is 17.9. The summed E-state index contributed by atoms with van der Waals surface area (Å²) in [4.78, 5) is 16.6. The van der Waals surface area contributed by atoms with Crippen LogP contribution >= 0.6 is 0 Å². The lowest BCUT2D eigenvalue weighted by Crippen LogP contribution is -2.54. The zero-order valence-electron chi connectivity index (χ0n) is 23.3. The number of hydrogen-bond acceptors (Lipinski definition) is 12. The Morgan fingerprint density at radius 3 is 1.59 bits per heavy atom. The molecule has 6 atom stereocenters. The Balaban J connectivity index is 3.08. The number of carbonyl (C=O) groups excluding carboxylic acids is 1. The van der Waals surface area contributed by atoms with Crippen LogP contribution in [0.4, 0.5) is 0 Å². The molecule has 0 N–H and O–H groups in total. The van der Waals surface area contributed by atoms with Gasteiger partial charge in [-0.25, -0.2) is 0 Å². The molecule has 6 unspecified atom stereocenters. The van der Waals surface area contributed by atoms with Gasteiger partial charge in [0, 0.05) is 27.5 Å². The number of nitrogens with zero attached hydrogens (tertiary/aromatic N) is 1. The van der Waals surface area contributed by atoms with Gasteiger partial charge in [0.25, 0.3) is 0 Å². The Hall–Kier alpha value is -1.52. The third-order valence-electron chi connectivity index (χ3n) is 4.91. The van der Waals surface area contributed by atoms with Crippen molar-refractivity contribution in [3.8, 4) is 0 Å². The molecule has 1 heterocycles. The van der Waals surface area contributed by atoms with Gasteiger partial charge in [-0.15, -0.1) is 0 Å². The quantitative estimate of drug-likeness (QED) is 0.135. The molecule has 0 saturated carbocycles. The van der Waals surface area contributed by atoms with Gasteiger partial charge in [-0.3, -0.25) is 9.78 Å². The van der Waals surface area contributed by atoms with Crippen molar-refractivity contribution in [2.45, 2.75) is 91.7 Å². The molecule has 1 aromatic heterocycles. The summed E-state index contributed by atoms with van der Waals surface area (Å²) in [6.45, 7) is 10.2. The molecule has 37 heavy (non-hydrogen) atoms. The first kappa shape index (κ1) is 33.5. The number of ether oxygens (including phenoxy) is 7. The minimum Gasteiger partial charge on any atom is -0.465 e. The first-order chi connectivity index (χ1) is 17.5. The Morgan fingerprint density at radius 2 is 1.22 bits per heavy atom. The van der Waals surface area contributed by atoms with E-state index < -0.39 is 52.5 Å². The molecule has 214 valence electrons. The van der Waals surface area contributed by atoms with Crippen LogP contribution in [-0.2, 0) is 57.7 Å². The van der Waals surface area contributed by atoms with Crippen LogP contribution in [0.15, 0.2) is 24.4 Å². The molecule has 1 aromatic rings. The van der Waals surface area contributed by atoms with E-state index in [-0.39, 0.29) is 19.1 Å². The number of carbonyl (C=O) groups is 1. The molecule has 0 aliphatic rings. The van der Waals surface area contributed by atoms with Gasteiger partial charge in [-0.1, -0.05) is 6.07 Å². The highest BCUT2D eigenvalue weighted by atomic mass is 28.4. The number of esters is 1. The summed E-state index contributed by atoms with van der Waals surface area (Å²) in [5.74, 6) is -0.450. The van der Waals surface area contributed by atoms with Crippen molar-refractivity contribution in [1.82, 2.24) is 4.98 Å². The van der Waals surface area contributed by atoms with Crippen LogP contribution in [0.1, 0.15) is 47.2 Å². The zero-order chi connectivity index (χ0) is 27.8. The van der Waals surface area contributed by atoms with E-state index in [1.54, 1.807) is 65.9 Å². The van der Waals surface area contributed by atoms with Gasteiger partial charge in [0.15, 0.2) is 37.7 Å². The van der Waals surface area contributed by atoms with Crippen molar-refractivity contribution in [3.05, 3.63) is 30.1 Å². The van der Waals surface area contributed by atoms with Gasteiger partial charge in [0.05, 0.1) is 24.8 Å².